The summed E-state index contributed by atoms with van der Waals surface area (Å²) in [6.07, 6.45) is -4.78. The first-order valence-electron chi connectivity index (χ1n) is 9.16. The van der Waals surface area contributed by atoms with E-state index in [-0.39, 0.29) is 0 Å². The molecule has 0 unspecified atom stereocenters. The highest BCUT2D eigenvalue weighted by atomic mass is 35.5. The average molecular weight is 466 g/mol. The molecule has 0 bridgehead atoms. The maximum Gasteiger partial charge on any atom is 0.420 e. The Labute approximate surface area is 187 Å². The van der Waals surface area contributed by atoms with Crippen molar-refractivity contribution in [2.75, 3.05) is 12.4 Å². The molecule has 0 radical (unpaired) electrons. The van der Waals surface area contributed by atoms with Crippen LogP contribution in [0.2, 0.25) is 5.02 Å². The maximum absolute atomic E-state index is 13.1. The number of carbonyl (C=O) groups excluding carboxylic acids is 2. The second-order valence-corrected chi connectivity index (χ2v) is 6.69. The second kappa shape index (κ2) is 11.2. The van der Waals surface area contributed by atoms with Crippen LogP contribution in [0.4, 0.5) is 18.9 Å². The van der Waals surface area contributed by atoms with Gasteiger partial charge in [0.05, 0.1) is 18.2 Å². The highest BCUT2D eigenvalue weighted by Gasteiger charge is 2.36. The highest BCUT2D eigenvalue weighted by Crippen LogP contribution is 2.38. The van der Waals surface area contributed by atoms with Crippen molar-refractivity contribution in [2.45, 2.75) is 13.1 Å². The molecule has 0 saturated carbocycles. The van der Waals surface area contributed by atoms with Crippen LogP contribution in [0.25, 0.3) is 0 Å². The molecule has 0 fully saturated rings. The predicted octanol–water partition coefficient (Wildman–Crippen LogP) is 6.23. The fourth-order valence-corrected chi connectivity index (χ4v) is 2.63. The van der Waals surface area contributed by atoms with E-state index < -0.39 is 34.9 Å². The smallest absolute Gasteiger partial charge is 0.420 e. The largest absolute Gasteiger partial charge is 0.497 e. The summed E-state index contributed by atoms with van der Waals surface area (Å²) in [6.45, 7) is 0.957. The van der Waals surface area contributed by atoms with Gasteiger partial charge >= 0.3 is 12.1 Å². The van der Waals surface area contributed by atoms with Crippen molar-refractivity contribution >= 4 is 29.2 Å². The summed E-state index contributed by atoms with van der Waals surface area (Å²) in [4.78, 5) is 23.5. The van der Waals surface area contributed by atoms with Gasteiger partial charge in [0.15, 0.2) is 5.75 Å². The maximum atomic E-state index is 13.1. The van der Waals surface area contributed by atoms with E-state index in [1.807, 2.05) is 30.3 Å². The number of esters is 1. The Hall–Kier alpha value is -3.52. The summed E-state index contributed by atoms with van der Waals surface area (Å²) in [5.41, 5.74) is -1.26. The summed E-state index contributed by atoms with van der Waals surface area (Å²) in [5, 5.41) is 3.24. The fourth-order valence-electron chi connectivity index (χ4n) is 2.48. The first kappa shape index (κ1) is 24.7. The number of halogens is 4. The molecule has 9 heteroatoms. The molecule has 1 amide bonds. The van der Waals surface area contributed by atoms with Crippen LogP contribution in [0.5, 0.6) is 11.5 Å². The van der Waals surface area contributed by atoms with E-state index in [4.69, 9.17) is 16.3 Å². The number of alkyl halides is 3. The number of amides is 1. The van der Waals surface area contributed by atoms with E-state index in [2.05, 4.69) is 10.1 Å². The minimum Gasteiger partial charge on any atom is -0.497 e. The summed E-state index contributed by atoms with van der Waals surface area (Å²) < 4.78 is 49.0. The SMILES string of the molecule is COc1ccc(NC(=O)c2cccc(C(F)(F)F)c2OC(C)=O)cc1.Clc1ccccc1. The number of nitrogens with one attached hydrogen (secondary N) is 1. The average Bonchev–Trinajstić information content (AvgIpc) is 2.74. The van der Waals surface area contributed by atoms with E-state index in [9.17, 15) is 22.8 Å². The standard InChI is InChI=1S/C17H14F3NO4.C6H5Cl/c1-10(22)25-15-13(4-3-5-14(15)17(18,19)20)16(23)21-11-6-8-12(24-2)9-7-11;7-6-4-2-1-3-5-6/h3-9H,1-2H3,(H,21,23);1-5H. The molecule has 3 rings (SSSR count). The Morgan fingerprint density at radius 2 is 1.53 bits per heavy atom. The van der Waals surface area contributed by atoms with Gasteiger partial charge in [0.25, 0.3) is 5.91 Å². The molecule has 0 aromatic heterocycles. The molecule has 5 nitrogen and oxygen atoms in total. The lowest BCUT2D eigenvalue weighted by Crippen LogP contribution is -2.18. The third-order valence-corrected chi connectivity index (χ3v) is 4.14. The zero-order valence-electron chi connectivity index (χ0n) is 17.1. The fraction of sp³-hybridized carbons (Fsp3) is 0.130. The van der Waals surface area contributed by atoms with Crippen LogP contribution < -0.4 is 14.8 Å². The summed E-state index contributed by atoms with van der Waals surface area (Å²) in [7, 11) is 1.47. The second-order valence-electron chi connectivity index (χ2n) is 6.25. The number of anilines is 1. The number of hydrogen-bond donors (Lipinski definition) is 1. The van der Waals surface area contributed by atoms with Crippen LogP contribution in [0.15, 0.2) is 72.8 Å². The van der Waals surface area contributed by atoms with Gasteiger partial charge in [0, 0.05) is 17.6 Å². The van der Waals surface area contributed by atoms with Crippen molar-refractivity contribution in [1.82, 2.24) is 0 Å². The molecule has 0 atom stereocenters. The summed E-state index contributed by atoms with van der Waals surface area (Å²) in [5.74, 6) is -2.08. The Balaban J connectivity index is 0.000000439. The Morgan fingerprint density at radius 1 is 0.906 bits per heavy atom. The van der Waals surface area contributed by atoms with Crippen molar-refractivity contribution in [1.29, 1.82) is 0 Å². The van der Waals surface area contributed by atoms with Gasteiger partial charge < -0.3 is 14.8 Å². The Bertz CT molecular complexity index is 1060. The molecule has 0 aliphatic rings. The lowest BCUT2D eigenvalue weighted by Gasteiger charge is -2.15. The zero-order chi connectivity index (χ0) is 23.7. The van der Waals surface area contributed by atoms with Crippen LogP contribution in [-0.2, 0) is 11.0 Å². The number of methoxy groups -OCH3 is 1. The quantitative estimate of drug-likeness (QED) is 0.366. The van der Waals surface area contributed by atoms with E-state index in [1.54, 1.807) is 12.1 Å². The Morgan fingerprint density at radius 3 is 2.00 bits per heavy atom. The van der Waals surface area contributed by atoms with Crippen LogP contribution >= 0.6 is 11.6 Å². The van der Waals surface area contributed by atoms with Crippen LogP contribution in [0, 0.1) is 0 Å². The van der Waals surface area contributed by atoms with Crippen LogP contribution in [0.1, 0.15) is 22.8 Å². The monoisotopic (exact) mass is 465 g/mol. The number of ether oxygens (including phenoxy) is 2. The van der Waals surface area contributed by atoms with E-state index >= 15 is 0 Å². The molecule has 0 aliphatic heterocycles. The molecule has 0 heterocycles. The van der Waals surface area contributed by atoms with Gasteiger partial charge in [0.2, 0.25) is 0 Å². The third-order valence-electron chi connectivity index (χ3n) is 3.89. The molecular weight excluding hydrogens is 447 g/mol. The number of benzene rings is 3. The lowest BCUT2D eigenvalue weighted by molar-refractivity contribution is -0.141. The normalized spacial score (nSPS) is 10.4. The Kier molecular flexibility index (Phi) is 8.66. The van der Waals surface area contributed by atoms with Gasteiger partial charge in [-0.3, -0.25) is 9.59 Å². The molecule has 168 valence electrons. The molecule has 0 spiro atoms. The van der Waals surface area contributed by atoms with Crippen molar-refractivity contribution in [3.05, 3.63) is 88.9 Å². The molecule has 0 saturated heterocycles. The third kappa shape index (κ3) is 7.31. The van der Waals surface area contributed by atoms with Crippen molar-refractivity contribution in [2.24, 2.45) is 0 Å². The van der Waals surface area contributed by atoms with E-state index in [1.165, 1.54) is 19.2 Å². The predicted molar refractivity (Wildman–Crippen MR) is 115 cm³/mol. The first-order valence-corrected chi connectivity index (χ1v) is 9.54. The number of carbonyl (C=O) groups is 2. The van der Waals surface area contributed by atoms with Crippen LogP contribution in [0.3, 0.4) is 0 Å². The highest BCUT2D eigenvalue weighted by molar-refractivity contribution is 6.30. The minimum absolute atomic E-state index is 0.344. The van der Waals surface area contributed by atoms with Crippen molar-refractivity contribution in [3.63, 3.8) is 0 Å². The van der Waals surface area contributed by atoms with Gasteiger partial charge in [-0.1, -0.05) is 35.9 Å². The number of para-hydroxylation sites is 1. The molecule has 3 aromatic carbocycles. The summed E-state index contributed by atoms with van der Waals surface area (Å²) in [6, 6.07) is 18.6. The molecule has 3 aromatic rings. The van der Waals surface area contributed by atoms with Crippen LogP contribution in [-0.4, -0.2) is 19.0 Å². The van der Waals surface area contributed by atoms with Gasteiger partial charge in [-0.15, -0.1) is 0 Å². The molecular formula is C23H19ClF3NO4. The van der Waals surface area contributed by atoms with Gasteiger partial charge in [-0.2, -0.15) is 13.2 Å². The van der Waals surface area contributed by atoms with E-state index in [0.717, 1.165) is 30.1 Å². The van der Waals surface area contributed by atoms with E-state index in [0.29, 0.717) is 11.4 Å². The summed E-state index contributed by atoms with van der Waals surface area (Å²) >= 11 is 5.54. The van der Waals surface area contributed by atoms with Gasteiger partial charge in [-0.05, 0) is 48.5 Å². The van der Waals surface area contributed by atoms with Gasteiger partial charge in [-0.25, -0.2) is 0 Å². The lowest BCUT2D eigenvalue weighted by atomic mass is 10.1. The number of hydrogen-bond acceptors (Lipinski definition) is 4. The molecule has 1 N–H and O–H groups in total. The zero-order valence-corrected chi connectivity index (χ0v) is 17.8. The topological polar surface area (TPSA) is 64.6 Å². The molecule has 32 heavy (non-hydrogen) atoms. The molecule has 0 aliphatic carbocycles. The number of rotatable bonds is 4. The van der Waals surface area contributed by atoms with Crippen molar-refractivity contribution in [3.8, 4) is 11.5 Å². The first-order chi connectivity index (χ1) is 15.1. The minimum atomic E-state index is -4.78. The van der Waals surface area contributed by atoms with Gasteiger partial charge in [0.1, 0.15) is 5.75 Å². The van der Waals surface area contributed by atoms with Crippen molar-refractivity contribution < 1.29 is 32.2 Å².